The lowest BCUT2D eigenvalue weighted by molar-refractivity contribution is 0.0857. The first-order chi connectivity index (χ1) is 24.8. The van der Waals surface area contributed by atoms with Crippen molar-refractivity contribution < 1.29 is 47.4 Å². The zero-order valence-corrected chi connectivity index (χ0v) is 33.0. The average molecular weight is 746 g/mol. The van der Waals surface area contributed by atoms with Crippen LogP contribution in [0, 0.1) is 17.7 Å². The van der Waals surface area contributed by atoms with Gasteiger partial charge in [0.1, 0.15) is 1.41 Å². The smallest absolute Gasteiger partial charge is 0.182 e. The largest absolute Gasteiger partial charge is 0.395 e. The molecule has 14 heteroatoms. The molecular weight excluding hydrogens is 676 g/mol. The number of ketones is 3. The Hall–Kier alpha value is -2.30. The Kier molecular flexibility index (Phi) is 17.9. The topological polar surface area (TPSA) is 214 Å². The predicted molar refractivity (Wildman–Crippen MR) is 203 cm³/mol. The fourth-order valence-corrected chi connectivity index (χ4v) is 7.31. The van der Waals surface area contributed by atoms with Crippen molar-refractivity contribution in [3.8, 4) is 0 Å². The van der Waals surface area contributed by atoms with Crippen LogP contribution in [0.1, 0.15) is 114 Å². The molecule has 8 N–H and O–H groups in total. The van der Waals surface area contributed by atoms with Gasteiger partial charge in [0.25, 0.3) is 0 Å². The van der Waals surface area contributed by atoms with E-state index in [2.05, 4.69) is 16.0 Å². The molecule has 7 atom stereocenters. The summed E-state index contributed by atoms with van der Waals surface area (Å²) in [5, 5.41) is 49.6. The molecule has 0 saturated carbocycles. The summed E-state index contributed by atoms with van der Waals surface area (Å²) in [5.74, 6) is -6.19. The van der Waals surface area contributed by atoms with E-state index in [0.717, 1.165) is 7.05 Å². The van der Waals surface area contributed by atoms with Gasteiger partial charge < -0.3 is 41.7 Å². The van der Waals surface area contributed by atoms with E-state index >= 15 is 4.79 Å². The van der Waals surface area contributed by atoms with E-state index in [4.69, 9.17) is 1.41 Å². The molecule has 51 heavy (non-hydrogen) atoms. The maximum absolute atomic E-state index is 15.3. The summed E-state index contributed by atoms with van der Waals surface area (Å²) in [5.41, 5.74) is -1.02. The number of nitrogens with one attached hydrogen (secondary N) is 4. The van der Waals surface area contributed by atoms with Gasteiger partial charge >= 0.3 is 0 Å². The van der Waals surface area contributed by atoms with E-state index in [1.54, 1.807) is 7.05 Å². The van der Waals surface area contributed by atoms with Gasteiger partial charge in [-0.1, -0.05) is 20.8 Å². The second kappa shape index (κ2) is 22.0. The number of Topliss-reactive ketones (excluding diaryl/α,β-unsaturated/α-hetero) is 3. The second-order valence-corrected chi connectivity index (χ2v) is 16.5. The summed E-state index contributed by atoms with van der Waals surface area (Å²) < 4.78 is 53.2. The van der Waals surface area contributed by atoms with E-state index in [1.807, 2.05) is 13.8 Å². The molecule has 0 bridgehead atoms. The number of rotatable bonds is 26. The normalized spacial score (nSPS) is 19.1. The Balaban J connectivity index is 4.54. The number of aliphatic hydroxyl groups is 4. The number of hydrogen-bond acceptors (Lipinski definition) is 13. The number of carbonyl (C=O) groups is 3. The van der Waals surface area contributed by atoms with Crippen molar-refractivity contribution in [1.29, 1.82) is 0 Å². The van der Waals surface area contributed by atoms with Crippen LogP contribution in [0.3, 0.4) is 0 Å². The molecule has 0 aromatic heterocycles. The van der Waals surface area contributed by atoms with Crippen LogP contribution in [0.15, 0.2) is 6.07 Å². The first-order valence-corrected chi connectivity index (χ1v) is 19.6. The Labute approximate surface area is 310 Å². The number of likely N-dealkylation sites (N-methyl/N-ethyl adjacent to an activating group) is 3. The molecule has 1 rings (SSSR count). The molecule has 0 fully saturated rings. The van der Waals surface area contributed by atoms with Crippen LogP contribution in [0.5, 0.6) is 0 Å². The SMILES string of the molecule is [2H]N(C)[C@]([2H])(C(=O)c1c(NCCS(=O)(=O)CCO)cc(CC(C)O)c(C(=O)[C@H](CC(C)C)NC)c1C(=O)[C@H](C)NC)[C@@]([2H])(C)CC(CC(C)O)CC(C)O. The van der Waals surface area contributed by atoms with Crippen molar-refractivity contribution in [2.45, 2.75) is 117 Å². The van der Waals surface area contributed by atoms with Gasteiger partial charge in [-0.15, -0.1) is 0 Å². The van der Waals surface area contributed by atoms with Gasteiger partial charge in [0.2, 0.25) is 0 Å². The molecule has 1 aromatic rings. The summed E-state index contributed by atoms with van der Waals surface area (Å²) in [4.78, 5) is 44.6. The highest BCUT2D eigenvalue weighted by Crippen LogP contribution is 2.35. The molecule has 0 saturated heterocycles. The number of sulfone groups is 1. The molecule has 3 unspecified atom stereocenters. The number of benzene rings is 1. The lowest BCUT2D eigenvalue weighted by Crippen LogP contribution is -2.44. The molecule has 0 aliphatic carbocycles. The van der Waals surface area contributed by atoms with E-state index in [1.165, 1.54) is 47.7 Å². The van der Waals surface area contributed by atoms with E-state index in [9.17, 15) is 41.2 Å². The molecule has 0 amide bonds. The van der Waals surface area contributed by atoms with Crippen molar-refractivity contribution in [1.82, 2.24) is 15.9 Å². The molecule has 0 radical (unpaired) electrons. The van der Waals surface area contributed by atoms with Crippen molar-refractivity contribution >= 4 is 32.9 Å². The van der Waals surface area contributed by atoms with Crippen LogP contribution in [-0.2, 0) is 16.3 Å². The minimum atomic E-state index is -3.78. The Morgan fingerprint density at radius 1 is 0.784 bits per heavy atom. The predicted octanol–water partition coefficient (Wildman–Crippen LogP) is 1.99. The van der Waals surface area contributed by atoms with Crippen LogP contribution in [0.2, 0.25) is 1.41 Å². The third-order valence-electron chi connectivity index (χ3n) is 8.76. The highest BCUT2D eigenvalue weighted by Gasteiger charge is 2.38. The summed E-state index contributed by atoms with van der Waals surface area (Å²) >= 11 is 0. The number of anilines is 1. The van der Waals surface area contributed by atoms with Gasteiger partial charge in [-0.05, 0) is 110 Å². The van der Waals surface area contributed by atoms with Gasteiger partial charge in [0.15, 0.2) is 27.2 Å². The molecule has 1 aromatic carbocycles. The zero-order chi connectivity index (χ0) is 41.9. The van der Waals surface area contributed by atoms with Crippen LogP contribution in [-0.4, -0.2) is 128 Å². The number of hydrogen-bond donors (Lipinski definition) is 8. The number of aliphatic hydroxyl groups excluding tert-OH is 4. The average Bonchev–Trinajstić information content (AvgIpc) is 3.03. The highest BCUT2D eigenvalue weighted by molar-refractivity contribution is 7.91. The van der Waals surface area contributed by atoms with E-state index < -0.39 is 105 Å². The molecule has 0 aliphatic rings. The van der Waals surface area contributed by atoms with Crippen molar-refractivity contribution in [3.63, 3.8) is 0 Å². The Morgan fingerprint density at radius 3 is 1.82 bits per heavy atom. The maximum Gasteiger partial charge on any atom is 0.182 e. The lowest BCUT2D eigenvalue weighted by Gasteiger charge is -2.31. The first kappa shape index (κ1) is 41.5. The van der Waals surface area contributed by atoms with Gasteiger partial charge in [0.05, 0.1) is 61.5 Å². The standard InChI is InChI=1S/C37H66N4O9S/c1-21(2)15-30(39-9)36(47)31-28(19-25(6)45)20-29(41-11-13-51(49,50)14-12-42)32(33(31)35(46)26(7)38-8)37(48)34(40-10)22(3)16-27(17-23(4)43)18-24(5)44/h20-27,30,34,38-45H,11-19H2,1-10H3/t22-,23?,24?,25?,26-,27?,30-,34-/m0/s1/i22D,34D/hD. The van der Waals surface area contributed by atoms with Crippen molar-refractivity contribution in [3.05, 3.63) is 28.3 Å². The molecule has 0 aliphatic heterocycles. The minimum absolute atomic E-state index is 0.0167. The highest BCUT2D eigenvalue weighted by atomic mass is 32.2. The summed E-state index contributed by atoms with van der Waals surface area (Å²) in [6.45, 7) is 10.2. The Morgan fingerprint density at radius 2 is 1.37 bits per heavy atom. The van der Waals surface area contributed by atoms with Gasteiger partial charge in [-0.3, -0.25) is 14.4 Å². The summed E-state index contributed by atoms with van der Waals surface area (Å²) in [6, 6.07) is -3.25. The van der Waals surface area contributed by atoms with Gasteiger partial charge in [-0.2, -0.15) is 0 Å². The number of carbonyl (C=O) groups excluding carboxylic acids is 3. The Bertz CT molecular complexity index is 1510. The molecule has 0 spiro atoms. The van der Waals surface area contributed by atoms with Crippen LogP contribution < -0.4 is 21.3 Å². The summed E-state index contributed by atoms with van der Waals surface area (Å²) in [6.07, 6.45) is -2.54. The quantitative estimate of drug-likeness (QED) is 0.0638. The zero-order valence-electron chi connectivity index (χ0n) is 35.2. The van der Waals surface area contributed by atoms with Gasteiger partial charge in [0, 0.05) is 24.7 Å². The lowest BCUT2D eigenvalue weighted by atomic mass is 9.78. The minimum Gasteiger partial charge on any atom is -0.395 e. The molecule has 0 heterocycles. The van der Waals surface area contributed by atoms with E-state index in [-0.39, 0.29) is 55.0 Å². The van der Waals surface area contributed by atoms with Crippen LogP contribution in [0.4, 0.5) is 5.69 Å². The first-order valence-electron chi connectivity index (χ1n) is 19.3. The molecule has 13 nitrogen and oxygen atoms in total. The fourth-order valence-electron chi connectivity index (χ4n) is 6.41. The van der Waals surface area contributed by atoms with Crippen molar-refractivity contribution in [2.75, 3.05) is 51.1 Å². The molecular formula is C37H66N4O9S. The third-order valence-corrected chi connectivity index (χ3v) is 10.4. The summed E-state index contributed by atoms with van der Waals surface area (Å²) in [7, 11) is 0.428. The van der Waals surface area contributed by atoms with Gasteiger partial charge in [-0.25, -0.2) is 8.42 Å². The maximum atomic E-state index is 15.3. The van der Waals surface area contributed by atoms with E-state index in [0.29, 0.717) is 11.7 Å². The van der Waals surface area contributed by atoms with Crippen LogP contribution in [0.25, 0.3) is 0 Å². The molecule has 294 valence electrons. The monoisotopic (exact) mass is 745 g/mol. The van der Waals surface area contributed by atoms with Crippen molar-refractivity contribution in [2.24, 2.45) is 17.7 Å². The fraction of sp³-hybridized carbons (Fsp3) is 0.757. The second-order valence-electron chi connectivity index (χ2n) is 14.2. The third kappa shape index (κ3) is 14.6. The van der Waals surface area contributed by atoms with Crippen LogP contribution >= 0.6 is 0 Å².